The van der Waals surface area contributed by atoms with Crippen molar-refractivity contribution in [1.82, 2.24) is 4.90 Å². The van der Waals surface area contributed by atoms with Crippen LogP contribution in [0.3, 0.4) is 0 Å². The maximum atomic E-state index is 12.6. The molecule has 25 heavy (non-hydrogen) atoms. The van der Waals surface area contributed by atoms with Crippen molar-refractivity contribution in [3.8, 4) is 0 Å². The van der Waals surface area contributed by atoms with Crippen LogP contribution in [0.1, 0.15) is 42.6 Å². The summed E-state index contributed by atoms with van der Waals surface area (Å²) in [5.41, 5.74) is -0.541. The summed E-state index contributed by atoms with van der Waals surface area (Å²) in [4.78, 5) is 26.3. The summed E-state index contributed by atoms with van der Waals surface area (Å²) in [5, 5.41) is 0. The molecule has 1 aliphatic heterocycles. The summed E-state index contributed by atoms with van der Waals surface area (Å²) in [6, 6.07) is 4.23. The van der Waals surface area contributed by atoms with Gasteiger partial charge in [-0.25, -0.2) is 0 Å². The number of hydrogen-bond acceptors (Lipinski definition) is 3. The Hall–Kier alpha value is -1.89. The van der Waals surface area contributed by atoms with Crippen molar-refractivity contribution in [1.29, 1.82) is 0 Å². The Labute approximate surface area is 144 Å². The Morgan fingerprint density at radius 2 is 1.88 bits per heavy atom. The summed E-state index contributed by atoms with van der Waals surface area (Å²) in [5.74, 6) is -0.789. The molecule has 1 amide bonds. The number of hydrogen-bond donors (Lipinski definition) is 0. The fourth-order valence-corrected chi connectivity index (χ4v) is 2.81. The Morgan fingerprint density at radius 3 is 2.44 bits per heavy atom. The first-order valence-electron chi connectivity index (χ1n) is 8.29. The van der Waals surface area contributed by atoms with Crippen LogP contribution in [0.15, 0.2) is 24.3 Å². The number of carbonyl (C=O) groups is 2. The molecule has 1 heterocycles. The van der Waals surface area contributed by atoms with Crippen molar-refractivity contribution in [2.45, 2.75) is 39.0 Å². The van der Waals surface area contributed by atoms with Gasteiger partial charge in [0.1, 0.15) is 6.61 Å². The van der Waals surface area contributed by atoms with Crippen LogP contribution >= 0.6 is 0 Å². The molecule has 2 rings (SSSR count). The van der Waals surface area contributed by atoms with Crippen LogP contribution < -0.4 is 0 Å². The normalized spacial score (nSPS) is 18.5. The van der Waals surface area contributed by atoms with Gasteiger partial charge in [0.15, 0.2) is 5.78 Å². The molecule has 1 saturated heterocycles. The van der Waals surface area contributed by atoms with E-state index >= 15 is 0 Å². The van der Waals surface area contributed by atoms with Crippen molar-refractivity contribution in [3.05, 3.63) is 35.4 Å². The highest BCUT2D eigenvalue weighted by Gasteiger charge is 2.32. The smallest absolute Gasteiger partial charge is 0.369 e. The molecular weight excluding hydrogens is 335 g/mol. The van der Waals surface area contributed by atoms with Gasteiger partial charge in [-0.2, -0.15) is 13.2 Å². The van der Waals surface area contributed by atoms with Gasteiger partial charge in [-0.1, -0.05) is 12.1 Å². The van der Waals surface area contributed by atoms with Gasteiger partial charge in [-0.05, 0) is 38.8 Å². The van der Waals surface area contributed by atoms with Crippen LogP contribution in [-0.2, 0) is 15.7 Å². The van der Waals surface area contributed by atoms with E-state index < -0.39 is 17.7 Å². The molecule has 0 bridgehead atoms. The second-order valence-corrected chi connectivity index (χ2v) is 6.48. The number of ether oxygens (including phenoxy) is 1. The number of alkyl halides is 3. The molecule has 1 unspecified atom stereocenters. The largest absolute Gasteiger partial charge is 0.416 e. The molecule has 0 saturated carbocycles. The minimum atomic E-state index is -4.42. The standard InChI is InChI=1S/C18H22F3NO3/c1-12(2)25-11-16(23)22-9-3-4-14(10-22)17(24)13-5-7-15(8-6-13)18(19,20)21/h5-8,12,14H,3-4,9-11H2,1-2H3. The second kappa shape index (κ2) is 7.99. The van der Waals surface area contributed by atoms with Gasteiger partial charge in [0.05, 0.1) is 11.7 Å². The average molecular weight is 357 g/mol. The van der Waals surface area contributed by atoms with Crippen LogP contribution in [-0.4, -0.2) is 42.4 Å². The van der Waals surface area contributed by atoms with E-state index in [1.54, 1.807) is 4.90 Å². The summed E-state index contributed by atoms with van der Waals surface area (Å²) >= 11 is 0. The molecule has 1 aliphatic rings. The zero-order valence-corrected chi connectivity index (χ0v) is 14.3. The fraction of sp³-hybridized carbons (Fsp3) is 0.556. The first kappa shape index (κ1) is 19.4. The zero-order valence-electron chi connectivity index (χ0n) is 14.3. The maximum absolute atomic E-state index is 12.6. The SMILES string of the molecule is CC(C)OCC(=O)N1CCCC(C(=O)c2ccc(C(F)(F)F)cc2)C1. The fourth-order valence-electron chi connectivity index (χ4n) is 2.81. The molecule has 0 radical (unpaired) electrons. The molecule has 1 fully saturated rings. The van der Waals surface area contributed by atoms with Crippen LogP contribution in [0.4, 0.5) is 13.2 Å². The van der Waals surface area contributed by atoms with Gasteiger partial charge in [0, 0.05) is 24.6 Å². The van der Waals surface area contributed by atoms with Crippen molar-refractivity contribution < 1.29 is 27.5 Å². The molecule has 4 nitrogen and oxygen atoms in total. The highest BCUT2D eigenvalue weighted by molar-refractivity contribution is 5.98. The number of rotatable bonds is 5. The highest BCUT2D eigenvalue weighted by atomic mass is 19.4. The predicted molar refractivity (Wildman–Crippen MR) is 86.2 cm³/mol. The van der Waals surface area contributed by atoms with E-state index in [-0.39, 0.29) is 36.5 Å². The lowest BCUT2D eigenvalue weighted by Gasteiger charge is -2.32. The third-order valence-corrected chi connectivity index (χ3v) is 4.18. The van der Waals surface area contributed by atoms with Crippen molar-refractivity contribution >= 4 is 11.7 Å². The van der Waals surface area contributed by atoms with Gasteiger partial charge in [0.25, 0.3) is 0 Å². The summed E-state index contributed by atoms with van der Waals surface area (Å²) in [6.45, 7) is 4.48. The number of Topliss-reactive ketones (excluding diaryl/α,β-unsaturated/α-hetero) is 1. The first-order valence-corrected chi connectivity index (χ1v) is 8.29. The molecule has 0 spiro atoms. The van der Waals surface area contributed by atoms with Crippen molar-refractivity contribution in [3.63, 3.8) is 0 Å². The van der Waals surface area contributed by atoms with Crippen LogP contribution in [0.25, 0.3) is 0 Å². The number of likely N-dealkylation sites (tertiary alicyclic amines) is 1. The van der Waals surface area contributed by atoms with Crippen LogP contribution in [0.5, 0.6) is 0 Å². The van der Waals surface area contributed by atoms with Crippen molar-refractivity contribution in [2.24, 2.45) is 5.92 Å². The van der Waals surface area contributed by atoms with Crippen LogP contribution in [0.2, 0.25) is 0 Å². The molecule has 7 heteroatoms. The minimum Gasteiger partial charge on any atom is -0.369 e. The lowest BCUT2D eigenvalue weighted by Crippen LogP contribution is -2.44. The number of amides is 1. The quantitative estimate of drug-likeness (QED) is 0.757. The molecule has 1 aromatic rings. The third-order valence-electron chi connectivity index (χ3n) is 4.18. The molecule has 1 aromatic carbocycles. The van der Waals surface area contributed by atoms with E-state index in [1.165, 1.54) is 12.1 Å². The molecule has 0 aliphatic carbocycles. The van der Waals surface area contributed by atoms with Gasteiger partial charge in [-0.15, -0.1) is 0 Å². The van der Waals surface area contributed by atoms with E-state index in [4.69, 9.17) is 4.74 Å². The Kier molecular flexibility index (Phi) is 6.21. The number of ketones is 1. The molecule has 0 aromatic heterocycles. The monoisotopic (exact) mass is 357 g/mol. The Balaban J connectivity index is 2.00. The number of benzene rings is 1. The molecule has 0 N–H and O–H groups in total. The summed E-state index contributed by atoms with van der Waals surface area (Å²) in [6.07, 6.45) is -3.18. The Bertz CT molecular complexity index is 611. The van der Waals surface area contributed by atoms with Crippen molar-refractivity contribution in [2.75, 3.05) is 19.7 Å². The molecule has 1 atom stereocenters. The van der Waals surface area contributed by atoms with E-state index in [0.29, 0.717) is 19.4 Å². The maximum Gasteiger partial charge on any atom is 0.416 e. The minimum absolute atomic E-state index is 0.0289. The van der Waals surface area contributed by atoms with E-state index in [9.17, 15) is 22.8 Å². The van der Waals surface area contributed by atoms with E-state index in [1.807, 2.05) is 13.8 Å². The number of carbonyl (C=O) groups excluding carboxylic acids is 2. The predicted octanol–water partition coefficient (Wildman–Crippen LogP) is 3.55. The zero-order chi connectivity index (χ0) is 18.6. The van der Waals surface area contributed by atoms with E-state index in [2.05, 4.69) is 0 Å². The number of piperidine rings is 1. The Morgan fingerprint density at radius 1 is 1.24 bits per heavy atom. The second-order valence-electron chi connectivity index (χ2n) is 6.48. The number of nitrogens with zero attached hydrogens (tertiary/aromatic N) is 1. The van der Waals surface area contributed by atoms with E-state index in [0.717, 1.165) is 12.1 Å². The van der Waals surface area contributed by atoms with Gasteiger partial charge >= 0.3 is 6.18 Å². The molecular formula is C18H22F3NO3. The lowest BCUT2D eigenvalue weighted by molar-refractivity contribution is -0.139. The average Bonchev–Trinajstić information content (AvgIpc) is 2.58. The number of halogens is 3. The lowest BCUT2D eigenvalue weighted by atomic mass is 9.89. The van der Waals surface area contributed by atoms with Gasteiger partial charge in [-0.3, -0.25) is 9.59 Å². The molecule has 138 valence electrons. The summed E-state index contributed by atoms with van der Waals surface area (Å²) < 4.78 is 43.1. The third kappa shape index (κ3) is 5.29. The van der Waals surface area contributed by atoms with Gasteiger partial charge < -0.3 is 9.64 Å². The summed E-state index contributed by atoms with van der Waals surface area (Å²) in [7, 11) is 0. The van der Waals surface area contributed by atoms with Gasteiger partial charge in [0.2, 0.25) is 5.91 Å². The topological polar surface area (TPSA) is 46.6 Å². The first-order chi connectivity index (χ1) is 11.7. The highest BCUT2D eigenvalue weighted by Crippen LogP contribution is 2.30. The van der Waals surface area contributed by atoms with Crippen LogP contribution in [0, 0.1) is 5.92 Å².